The van der Waals surface area contributed by atoms with Crippen LogP contribution in [0, 0.1) is 24.5 Å². The number of rotatable bonds is 6. The largest absolute Gasteiger partial charge is 0.494 e. The normalized spacial score (nSPS) is 14.5. The minimum Gasteiger partial charge on any atom is -0.494 e. The molecule has 0 aliphatic carbocycles. The molecule has 0 saturated carbocycles. The van der Waals surface area contributed by atoms with Crippen molar-refractivity contribution in [3.8, 4) is 17.0 Å². The molecule has 1 aliphatic heterocycles. The van der Waals surface area contributed by atoms with Gasteiger partial charge in [-0.1, -0.05) is 0 Å². The van der Waals surface area contributed by atoms with Gasteiger partial charge in [0, 0.05) is 42.4 Å². The van der Waals surface area contributed by atoms with Crippen LogP contribution in [0.3, 0.4) is 0 Å². The molecule has 35 heavy (non-hydrogen) atoms. The first kappa shape index (κ1) is 23.0. The summed E-state index contributed by atoms with van der Waals surface area (Å²) < 4.78 is 35.6. The molecule has 0 unspecified atom stereocenters. The van der Waals surface area contributed by atoms with Crippen molar-refractivity contribution >= 4 is 22.8 Å². The maximum Gasteiger partial charge on any atom is 0.201 e. The number of nitrogens with two attached hydrogens (primary N) is 1. The maximum absolute atomic E-state index is 14.7. The number of nitrogens with zero attached hydrogens (tertiary/aromatic N) is 4. The van der Waals surface area contributed by atoms with Gasteiger partial charge in [-0.05, 0) is 68.1 Å². The van der Waals surface area contributed by atoms with Crippen LogP contribution in [-0.2, 0) is 0 Å². The first-order valence-corrected chi connectivity index (χ1v) is 11.7. The van der Waals surface area contributed by atoms with E-state index in [1.807, 2.05) is 6.07 Å². The van der Waals surface area contributed by atoms with Crippen LogP contribution in [0.25, 0.3) is 16.9 Å². The molecule has 3 N–H and O–H groups in total. The van der Waals surface area contributed by atoms with E-state index in [4.69, 9.17) is 10.5 Å². The second-order valence-corrected chi connectivity index (χ2v) is 8.85. The molecule has 0 spiro atoms. The van der Waals surface area contributed by atoms with Gasteiger partial charge >= 0.3 is 0 Å². The molecule has 182 valence electrons. The average Bonchev–Trinajstić information content (AvgIpc) is 3.31. The number of hydrogen-bond acceptors (Lipinski definition) is 6. The summed E-state index contributed by atoms with van der Waals surface area (Å²) in [6.07, 6.45) is 7.00. The van der Waals surface area contributed by atoms with Crippen molar-refractivity contribution in [2.24, 2.45) is 11.7 Å². The fourth-order valence-corrected chi connectivity index (χ4v) is 4.73. The Bertz CT molecular complexity index is 1360. The van der Waals surface area contributed by atoms with E-state index in [1.54, 1.807) is 16.8 Å². The van der Waals surface area contributed by atoms with Crippen LogP contribution in [-0.4, -0.2) is 41.1 Å². The van der Waals surface area contributed by atoms with Crippen molar-refractivity contribution < 1.29 is 13.5 Å². The third kappa shape index (κ3) is 4.27. The zero-order chi connectivity index (χ0) is 24.5. The lowest BCUT2D eigenvalue weighted by molar-refractivity contribution is 0.372. The third-order valence-electron chi connectivity index (χ3n) is 6.72. The second kappa shape index (κ2) is 9.50. The Kier molecular flexibility index (Phi) is 6.25. The molecule has 0 amide bonds. The minimum atomic E-state index is -1.03. The van der Waals surface area contributed by atoms with Crippen molar-refractivity contribution in [2.45, 2.75) is 19.8 Å². The maximum atomic E-state index is 14.7. The Balaban J connectivity index is 1.42. The minimum absolute atomic E-state index is 0.0894. The van der Waals surface area contributed by atoms with Gasteiger partial charge in [0.25, 0.3) is 0 Å². The summed E-state index contributed by atoms with van der Waals surface area (Å²) in [6, 6.07) is 9.10. The van der Waals surface area contributed by atoms with Gasteiger partial charge in [-0.15, -0.1) is 0 Å². The average molecular weight is 479 g/mol. The number of fused-ring (bicyclic) bond motifs is 1. The summed E-state index contributed by atoms with van der Waals surface area (Å²) in [5.74, 6) is -1.04. The first-order valence-electron chi connectivity index (χ1n) is 11.7. The molecule has 0 radical (unpaired) electrons. The standard InChI is InChI=1S/C26H28F2N6O/c1-16-13-18(3-5-20(16)33-10-7-17(14-29)8-11-33)32-25-26-31-15-21(34(26)12-9-30-25)19-4-6-22(35-2)24(28)23(19)27/h3-6,9,12-13,15,17H,7-8,10-11,14,29H2,1-2H3,(H,30,32). The van der Waals surface area contributed by atoms with Gasteiger partial charge in [-0.2, -0.15) is 4.39 Å². The number of halogens is 2. The number of imidazole rings is 1. The van der Waals surface area contributed by atoms with Crippen LogP contribution >= 0.6 is 0 Å². The monoisotopic (exact) mass is 478 g/mol. The number of piperidine rings is 1. The summed E-state index contributed by atoms with van der Waals surface area (Å²) in [7, 11) is 1.30. The quantitative estimate of drug-likeness (QED) is 0.410. The van der Waals surface area contributed by atoms with Crippen molar-refractivity contribution in [2.75, 3.05) is 37.0 Å². The first-order chi connectivity index (χ1) is 17.0. The van der Waals surface area contributed by atoms with Crippen LogP contribution in [0.15, 0.2) is 48.9 Å². The van der Waals surface area contributed by atoms with Crippen molar-refractivity contribution in [1.82, 2.24) is 14.4 Å². The molecule has 1 fully saturated rings. The highest BCUT2D eigenvalue weighted by Gasteiger charge is 2.21. The van der Waals surface area contributed by atoms with Crippen LogP contribution < -0.4 is 20.7 Å². The van der Waals surface area contributed by atoms with E-state index in [-0.39, 0.29) is 11.3 Å². The number of hydrogen-bond donors (Lipinski definition) is 2. The van der Waals surface area contributed by atoms with Gasteiger partial charge in [0.05, 0.1) is 19.0 Å². The fourth-order valence-electron chi connectivity index (χ4n) is 4.73. The van der Waals surface area contributed by atoms with Crippen molar-refractivity contribution in [1.29, 1.82) is 0 Å². The van der Waals surface area contributed by atoms with E-state index >= 15 is 0 Å². The third-order valence-corrected chi connectivity index (χ3v) is 6.72. The lowest BCUT2D eigenvalue weighted by Crippen LogP contribution is -2.36. The van der Waals surface area contributed by atoms with E-state index in [0.29, 0.717) is 23.1 Å². The predicted octanol–water partition coefficient (Wildman–Crippen LogP) is 4.91. The summed E-state index contributed by atoms with van der Waals surface area (Å²) in [5.41, 5.74) is 10.1. The van der Waals surface area contributed by atoms with Crippen molar-refractivity contribution in [3.63, 3.8) is 0 Å². The molecule has 7 nitrogen and oxygen atoms in total. The predicted molar refractivity (Wildman–Crippen MR) is 133 cm³/mol. The van der Waals surface area contributed by atoms with Gasteiger partial charge in [0.1, 0.15) is 0 Å². The fraction of sp³-hybridized carbons (Fsp3) is 0.308. The highest BCUT2D eigenvalue weighted by atomic mass is 19.2. The summed E-state index contributed by atoms with van der Waals surface area (Å²) >= 11 is 0. The molecular weight excluding hydrogens is 450 g/mol. The zero-order valence-electron chi connectivity index (χ0n) is 19.8. The van der Waals surface area contributed by atoms with Gasteiger partial charge in [-0.25, -0.2) is 14.4 Å². The van der Waals surface area contributed by atoms with E-state index in [0.717, 1.165) is 43.7 Å². The SMILES string of the molecule is COc1ccc(-c2cnc3c(Nc4ccc(N5CCC(CN)CC5)c(C)c4)nccn23)c(F)c1F. The van der Waals surface area contributed by atoms with E-state index in [2.05, 4.69) is 39.2 Å². The Labute approximate surface area is 202 Å². The molecule has 0 bridgehead atoms. The topological polar surface area (TPSA) is 80.7 Å². The summed E-state index contributed by atoms with van der Waals surface area (Å²) in [5, 5.41) is 3.33. The number of anilines is 3. The number of nitrogens with one attached hydrogen (secondary N) is 1. The van der Waals surface area contributed by atoms with Crippen LogP contribution in [0.1, 0.15) is 18.4 Å². The molecule has 3 heterocycles. The zero-order valence-corrected chi connectivity index (χ0v) is 19.8. The molecule has 9 heteroatoms. The Morgan fingerprint density at radius 1 is 1.11 bits per heavy atom. The number of aromatic nitrogens is 3. The lowest BCUT2D eigenvalue weighted by Gasteiger charge is -2.34. The number of ether oxygens (including phenoxy) is 1. The molecule has 5 rings (SSSR count). The molecule has 2 aromatic carbocycles. The van der Waals surface area contributed by atoms with Crippen LogP contribution in [0.4, 0.5) is 26.0 Å². The van der Waals surface area contributed by atoms with Crippen molar-refractivity contribution in [3.05, 3.63) is 66.1 Å². The highest BCUT2D eigenvalue weighted by molar-refractivity contribution is 5.75. The van der Waals surface area contributed by atoms with Gasteiger partial charge < -0.3 is 20.7 Å². The number of methoxy groups -OCH3 is 1. The molecule has 0 atom stereocenters. The van der Waals surface area contributed by atoms with Gasteiger partial charge in [0.2, 0.25) is 5.82 Å². The molecule has 4 aromatic rings. The Morgan fingerprint density at radius 2 is 1.91 bits per heavy atom. The highest BCUT2D eigenvalue weighted by Crippen LogP contribution is 2.32. The van der Waals surface area contributed by atoms with E-state index < -0.39 is 11.6 Å². The van der Waals surface area contributed by atoms with Gasteiger partial charge in [-0.3, -0.25) is 4.40 Å². The van der Waals surface area contributed by atoms with Gasteiger partial charge in [0.15, 0.2) is 23.0 Å². The molecule has 1 saturated heterocycles. The Morgan fingerprint density at radius 3 is 2.63 bits per heavy atom. The molecular formula is C26H28F2N6O. The molecule has 2 aromatic heterocycles. The second-order valence-electron chi connectivity index (χ2n) is 8.85. The summed E-state index contributed by atoms with van der Waals surface area (Å²) in [6.45, 7) is 4.87. The van der Waals surface area contributed by atoms with Crippen LogP contribution in [0.5, 0.6) is 5.75 Å². The number of aryl methyl sites for hydroxylation is 1. The summed E-state index contributed by atoms with van der Waals surface area (Å²) in [4.78, 5) is 11.3. The van der Waals surface area contributed by atoms with E-state index in [9.17, 15) is 8.78 Å². The lowest BCUT2D eigenvalue weighted by atomic mass is 9.96. The Hall–Kier alpha value is -3.72. The smallest absolute Gasteiger partial charge is 0.201 e. The number of benzene rings is 2. The van der Waals surface area contributed by atoms with E-state index in [1.165, 1.54) is 31.1 Å². The van der Waals surface area contributed by atoms with Crippen LogP contribution in [0.2, 0.25) is 0 Å². The molecule has 1 aliphatic rings.